The molecule has 5 heteroatoms. The Labute approximate surface area is 203 Å². The van der Waals surface area contributed by atoms with Crippen molar-refractivity contribution in [1.82, 2.24) is 14.9 Å². The third-order valence-corrected chi connectivity index (χ3v) is 6.87. The summed E-state index contributed by atoms with van der Waals surface area (Å²) in [6.45, 7) is 8.78. The summed E-state index contributed by atoms with van der Waals surface area (Å²) in [5.41, 5.74) is 3.61. The van der Waals surface area contributed by atoms with Gasteiger partial charge in [-0.2, -0.15) is 0 Å². The molecule has 1 heterocycles. The van der Waals surface area contributed by atoms with Crippen molar-refractivity contribution in [2.24, 2.45) is 5.92 Å². The molecular weight excluding hydrogens is 422 g/mol. The van der Waals surface area contributed by atoms with Crippen LogP contribution in [0.3, 0.4) is 0 Å². The van der Waals surface area contributed by atoms with Gasteiger partial charge < -0.3 is 14.6 Å². The van der Waals surface area contributed by atoms with Gasteiger partial charge in [-0.25, -0.2) is 4.98 Å². The zero-order valence-electron chi connectivity index (χ0n) is 21.0. The zero-order chi connectivity index (χ0) is 24.0. The lowest BCUT2D eigenvalue weighted by Gasteiger charge is -2.20. The highest BCUT2D eigenvalue weighted by Gasteiger charge is 2.21. The first kappa shape index (κ1) is 24.3. The number of nitrogens with one attached hydrogen (secondary N) is 1. The Bertz CT molecular complexity index is 1070. The predicted octanol–water partition coefficient (Wildman–Crippen LogP) is 6.04. The van der Waals surface area contributed by atoms with Crippen molar-refractivity contribution < 1.29 is 9.53 Å². The largest absolute Gasteiger partial charge is 0.494 e. The highest BCUT2D eigenvalue weighted by Crippen LogP contribution is 2.25. The number of amides is 1. The van der Waals surface area contributed by atoms with Crippen molar-refractivity contribution in [2.75, 3.05) is 13.2 Å². The molecule has 1 fully saturated rings. The third kappa shape index (κ3) is 6.19. The van der Waals surface area contributed by atoms with Crippen molar-refractivity contribution in [1.29, 1.82) is 0 Å². The van der Waals surface area contributed by atoms with Gasteiger partial charge in [0.2, 0.25) is 5.91 Å². The Morgan fingerprint density at radius 2 is 1.79 bits per heavy atom. The van der Waals surface area contributed by atoms with Crippen molar-refractivity contribution in [2.45, 2.75) is 77.7 Å². The Balaban J connectivity index is 1.32. The van der Waals surface area contributed by atoms with Gasteiger partial charge in [0, 0.05) is 25.4 Å². The molecule has 5 nitrogen and oxygen atoms in total. The van der Waals surface area contributed by atoms with Crippen LogP contribution < -0.4 is 10.1 Å². The van der Waals surface area contributed by atoms with E-state index in [2.05, 4.69) is 73.1 Å². The molecule has 2 aromatic carbocycles. The van der Waals surface area contributed by atoms with E-state index in [1.54, 1.807) is 0 Å². The minimum Gasteiger partial charge on any atom is -0.494 e. The number of fused-ring (bicyclic) bond motifs is 1. The van der Waals surface area contributed by atoms with Gasteiger partial charge in [-0.3, -0.25) is 4.79 Å². The molecule has 0 radical (unpaired) electrons. The quantitative estimate of drug-likeness (QED) is 0.395. The van der Waals surface area contributed by atoms with E-state index >= 15 is 0 Å². The fraction of sp³-hybridized carbons (Fsp3) is 0.517. The van der Waals surface area contributed by atoms with Gasteiger partial charge in [0.25, 0.3) is 0 Å². The van der Waals surface area contributed by atoms with Crippen LogP contribution in [-0.2, 0) is 23.2 Å². The van der Waals surface area contributed by atoms with Crippen molar-refractivity contribution in [3.8, 4) is 5.75 Å². The van der Waals surface area contributed by atoms with E-state index in [0.717, 1.165) is 54.8 Å². The number of hydrogen-bond acceptors (Lipinski definition) is 3. The molecule has 0 bridgehead atoms. The third-order valence-electron chi connectivity index (χ3n) is 6.87. The topological polar surface area (TPSA) is 56.1 Å². The first-order chi connectivity index (χ1) is 16.4. The van der Waals surface area contributed by atoms with Gasteiger partial charge in [0.1, 0.15) is 11.6 Å². The van der Waals surface area contributed by atoms with Gasteiger partial charge in [0.15, 0.2) is 0 Å². The monoisotopic (exact) mass is 461 g/mol. The van der Waals surface area contributed by atoms with Crippen molar-refractivity contribution in [3.05, 3.63) is 59.9 Å². The molecule has 1 saturated carbocycles. The molecule has 0 spiro atoms. The van der Waals surface area contributed by atoms with E-state index in [0.29, 0.717) is 13.2 Å². The SMILES string of the molecule is CC(C)(C)c1ccc(OCCCn2c(CCNC(=O)C3CCCCC3)nc3ccccc32)cc1. The Kier molecular flexibility index (Phi) is 7.91. The number of ether oxygens (including phenoxy) is 1. The molecule has 182 valence electrons. The second-order valence-corrected chi connectivity index (χ2v) is 10.5. The van der Waals surface area contributed by atoms with E-state index in [1.807, 2.05) is 6.07 Å². The number of benzene rings is 2. The average molecular weight is 462 g/mol. The zero-order valence-corrected chi connectivity index (χ0v) is 21.0. The van der Waals surface area contributed by atoms with E-state index in [-0.39, 0.29) is 17.2 Å². The number of para-hydroxylation sites is 2. The molecule has 1 N–H and O–H groups in total. The molecule has 1 aliphatic carbocycles. The Morgan fingerprint density at radius 3 is 2.53 bits per heavy atom. The molecule has 1 aromatic heterocycles. The number of carbonyl (C=O) groups excluding carboxylic acids is 1. The minimum absolute atomic E-state index is 0.146. The van der Waals surface area contributed by atoms with Crippen LogP contribution in [0.15, 0.2) is 48.5 Å². The summed E-state index contributed by atoms with van der Waals surface area (Å²) in [6.07, 6.45) is 7.31. The van der Waals surface area contributed by atoms with Crippen LogP contribution in [0.1, 0.15) is 70.7 Å². The highest BCUT2D eigenvalue weighted by atomic mass is 16.5. The molecule has 34 heavy (non-hydrogen) atoms. The number of aromatic nitrogens is 2. The van der Waals surface area contributed by atoms with Crippen LogP contribution in [0.5, 0.6) is 5.75 Å². The van der Waals surface area contributed by atoms with Gasteiger partial charge in [0.05, 0.1) is 17.6 Å². The average Bonchev–Trinajstić information content (AvgIpc) is 3.19. The number of nitrogens with zero attached hydrogens (tertiary/aromatic N) is 2. The van der Waals surface area contributed by atoms with Gasteiger partial charge in [-0.1, -0.05) is 64.3 Å². The fourth-order valence-electron chi connectivity index (χ4n) is 4.84. The maximum atomic E-state index is 12.5. The summed E-state index contributed by atoms with van der Waals surface area (Å²) in [4.78, 5) is 17.4. The first-order valence-corrected chi connectivity index (χ1v) is 12.9. The lowest BCUT2D eigenvalue weighted by atomic mass is 9.87. The molecule has 0 saturated heterocycles. The Hall–Kier alpha value is -2.82. The number of carbonyl (C=O) groups is 1. The molecular formula is C29H39N3O2. The number of rotatable bonds is 9. The molecule has 1 amide bonds. The van der Waals surface area contributed by atoms with Crippen LogP contribution >= 0.6 is 0 Å². The number of imidazole rings is 1. The maximum absolute atomic E-state index is 12.5. The van der Waals surface area contributed by atoms with E-state index in [4.69, 9.17) is 9.72 Å². The summed E-state index contributed by atoms with van der Waals surface area (Å²) in [5, 5.41) is 3.16. The predicted molar refractivity (Wildman–Crippen MR) is 138 cm³/mol. The van der Waals surface area contributed by atoms with Crippen LogP contribution in [0, 0.1) is 5.92 Å². The van der Waals surface area contributed by atoms with Crippen LogP contribution in [-0.4, -0.2) is 28.6 Å². The van der Waals surface area contributed by atoms with E-state index < -0.39 is 0 Å². The Morgan fingerprint density at radius 1 is 1.06 bits per heavy atom. The normalized spacial score (nSPS) is 14.9. The van der Waals surface area contributed by atoms with E-state index in [1.165, 1.54) is 24.8 Å². The van der Waals surface area contributed by atoms with Gasteiger partial charge in [-0.15, -0.1) is 0 Å². The first-order valence-electron chi connectivity index (χ1n) is 12.9. The van der Waals surface area contributed by atoms with Crippen LogP contribution in [0.25, 0.3) is 11.0 Å². The highest BCUT2D eigenvalue weighted by molar-refractivity contribution is 5.78. The fourth-order valence-corrected chi connectivity index (χ4v) is 4.84. The van der Waals surface area contributed by atoms with Gasteiger partial charge in [-0.05, 0) is 54.5 Å². The summed E-state index contributed by atoms with van der Waals surface area (Å²) in [6, 6.07) is 16.7. The standard InChI is InChI=1S/C29H39N3O2/c1-29(2,3)23-14-16-24(17-15-23)34-21-9-20-32-26-13-8-7-12-25(26)31-27(32)18-19-30-28(33)22-10-5-4-6-11-22/h7-8,12-17,22H,4-6,9-11,18-21H2,1-3H3,(H,30,33). The van der Waals surface area contributed by atoms with E-state index in [9.17, 15) is 4.79 Å². The van der Waals surface area contributed by atoms with Crippen molar-refractivity contribution >= 4 is 16.9 Å². The van der Waals surface area contributed by atoms with Crippen LogP contribution in [0.4, 0.5) is 0 Å². The number of hydrogen-bond donors (Lipinski definition) is 1. The summed E-state index contributed by atoms with van der Waals surface area (Å²) < 4.78 is 8.30. The second kappa shape index (κ2) is 11.1. The summed E-state index contributed by atoms with van der Waals surface area (Å²) in [5.74, 6) is 2.35. The minimum atomic E-state index is 0.146. The second-order valence-electron chi connectivity index (χ2n) is 10.5. The molecule has 0 unspecified atom stereocenters. The van der Waals surface area contributed by atoms with Crippen LogP contribution in [0.2, 0.25) is 0 Å². The molecule has 3 aromatic rings. The lowest BCUT2D eigenvalue weighted by molar-refractivity contribution is -0.125. The van der Waals surface area contributed by atoms with Gasteiger partial charge >= 0.3 is 0 Å². The maximum Gasteiger partial charge on any atom is 0.223 e. The van der Waals surface area contributed by atoms with Crippen molar-refractivity contribution in [3.63, 3.8) is 0 Å². The molecule has 0 atom stereocenters. The lowest BCUT2D eigenvalue weighted by Crippen LogP contribution is -2.33. The smallest absolute Gasteiger partial charge is 0.223 e. The summed E-state index contributed by atoms with van der Waals surface area (Å²) >= 11 is 0. The number of aryl methyl sites for hydroxylation is 1. The summed E-state index contributed by atoms with van der Waals surface area (Å²) in [7, 11) is 0. The molecule has 1 aliphatic rings. The molecule has 4 rings (SSSR count). The molecule has 0 aliphatic heterocycles.